The standard InChI is InChI=1S/C18H30N4O2/c1-2-24-12-9-18(7-4-8-18)14-20-17(23)16-6-11-22(21-16)15-5-3-10-19-13-15/h6,11,15,19H,2-5,7-10,12-14H2,1H3,(H,20,23). The molecule has 2 N–H and O–H groups in total. The van der Waals surface area contributed by atoms with E-state index in [-0.39, 0.29) is 11.3 Å². The molecule has 24 heavy (non-hydrogen) atoms. The van der Waals surface area contributed by atoms with Gasteiger partial charge in [-0.1, -0.05) is 6.42 Å². The first kappa shape index (κ1) is 17.4. The summed E-state index contributed by atoms with van der Waals surface area (Å²) < 4.78 is 7.43. The summed E-state index contributed by atoms with van der Waals surface area (Å²) in [5.74, 6) is -0.0554. The van der Waals surface area contributed by atoms with Crippen molar-refractivity contribution in [2.45, 2.75) is 51.5 Å². The molecule has 1 saturated heterocycles. The topological polar surface area (TPSA) is 68.2 Å². The Morgan fingerprint density at radius 3 is 3.04 bits per heavy atom. The number of carbonyl (C=O) groups excluding carboxylic acids is 1. The zero-order valence-corrected chi connectivity index (χ0v) is 14.7. The first-order valence-electron chi connectivity index (χ1n) is 9.34. The zero-order valence-electron chi connectivity index (χ0n) is 14.7. The third-order valence-corrected chi connectivity index (χ3v) is 5.50. The summed E-state index contributed by atoms with van der Waals surface area (Å²) in [4.78, 5) is 12.4. The van der Waals surface area contributed by atoms with Crippen molar-refractivity contribution in [1.82, 2.24) is 20.4 Å². The number of piperidine rings is 1. The Morgan fingerprint density at radius 1 is 1.50 bits per heavy atom. The fourth-order valence-electron chi connectivity index (χ4n) is 3.71. The van der Waals surface area contributed by atoms with Crippen molar-refractivity contribution in [2.75, 3.05) is 32.8 Å². The minimum atomic E-state index is -0.0554. The molecule has 0 radical (unpaired) electrons. The largest absolute Gasteiger partial charge is 0.382 e. The van der Waals surface area contributed by atoms with Gasteiger partial charge in [0, 0.05) is 32.5 Å². The molecule has 6 nitrogen and oxygen atoms in total. The zero-order chi connectivity index (χ0) is 16.8. The maximum atomic E-state index is 12.4. The normalized spacial score (nSPS) is 22.8. The Balaban J connectivity index is 1.50. The lowest BCUT2D eigenvalue weighted by Gasteiger charge is -2.42. The third kappa shape index (κ3) is 4.16. The summed E-state index contributed by atoms with van der Waals surface area (Å²) in [5.41, 5.74) is 0.764. The molecule has 1 unspecified atom stereocenters. The van der Waals surface area contributed by atoms with Crippen LogP contribution in [0.15, 0.2) is 12.3 Å². The van der Waals surface area contributed by atoms with E-state index in [1.807, 2.05) is 23.9 Å². The summed E-state index contributed by atoms with van der Waals surface area (Å²) >= 11 is 0. The molecule has 1 saturated carbocycles. The Bertz CT molecular complexity index is 533. The summed E-state index contributed by atoms with van der Waals surface area (Å²) in [6, 6.07) is 2.20. The molecule has 1 aromatic rings. The lowest BCUT2D eigenvalue weighted by Crippen LogP contribution is -2.43. The van der Waals surface area contributed by atoms with Gasteiger partial charge in [-0.3, -0.25) is 9.48 Å². The second kappa shape index (κ2) is 8.12. The number of amides is 1. The molecular formula is C18H30N4O2. The van der Waals surface area contributed by atoms with E-state index in [1.165, 1.54) is 19.3 Å². The number of ether oxygens (including phenoxy) is 1. The molecule has 1 amide bonds. The van der Waals surface area contributed by atoms with Crippen LogP contribution >= 0.6 is 0 Å². The van der Waals surface area contributed by atoms with E-state index in [0.29, 0.717) is 11.7 Å². The molecule has 0 bridgehead atoms. The van der Waals surface area contributed by atoms with Crippen molar-refractivity contribution in [1.29, 1.82) is 0 Å². The second-order valence-electron chi connectivity index (χ2n) is 7.16. The first-order chi connectivity index (χ1) is 11.7. The summed E-state index contributed by atoms with van der Waals surface area (Å²) in [6.07, 6.45) is 8.87. The average Bonchev–Trinajstić information content (AvgIpc) is 3.07. The van der Waals surface area contributed by atoms with Crippen molar-refractivity contribution in [3.8, 4) is 0 Å². The van der Waals surface area contributed by atoms with Crippen molar-refractivity contribution in [3.63, 3.8) is 0 Å². The van der Waals surface area contributed by atoms with Crippen molar-refractivity contribution >= 4 is 5.91 Å². The minimum Gasteiger partial charge on any atom is -0.382 e. The molecule has 1 aromatic heterocycles. The van der Waals surface area contributed by atoms with Gasteiger partial charge in [0.1, 0.15) is 5.69 Å². The van der Waals surface area contributed by atoms with E-state index in [0.717, 1.165) is 52.1 Å². The van der Waals surface area contributed by atoms with Gasteiger partial charge >= 0.3 is 0 Å². The molecule has 1 atom stereocenters. The van der Waals surface area contributed by atoms with Crippen LogP contribution in [0.25, 0.3) is 0 Å². The van der Waals surface area contributed by atoms with Gasteiger partial charge < -0.3 is 15.4 Å². The van der Waals surface area contributed by atoms with Gasteiger partial charge in [-0.05, 0) is 57.1 Å². The van der Waals surface area contributed by atoms with Crippen molar-refractivity contribution < 1.29 is 9.53 Å². The smallest absolute Gasteiger partial charge is 0.271 e. The lowest BCUT2D eigenvalue weighted by atomic mass is 9.67. The highest BCUT2D eigenvalue weighted by atomic mass is 16.5. The predicted molar refractivity (Wildman–Crippen MR) is 93.1 cm³/mol. The van der Waals surface area contributed by atoms with Gasteiger partial charge in [0.25, 0.3) is 5.91 Å². The van der Waals surface area contributed by atoms with Gasteiger partial charge in [0.15, 0.2) is 0 Å². The second-order valence-corrected chi connectivity index (χ2v) is 7.16. The van der Waals surface area contributed by atoms with Gasteiger partial charge in [0.05, 0.1) is 6.04 Å². The Kier molecular flexibility index (Phi) is 5.89. The number of carbonyl (C=O) groups is 1. The summed E-state index contributed by atoms with van der Waals surface area (Å²) in [7, 11) is 0. The molecule has 6 heteroatoms. The highest BCUT2D eigenvalue weighted by molar-refractivity contribution is 5.92. The van der Waals surface area contributed by atoms with Crippen LogP contribution in [0, 0.1) is 5.41 Å². The van der Waals surface area contributed by atoms with Crippen LogP contribution in [-0.2, 0) is 4.74 Å². The molecule has 3 rings (SSSR count). The van der Waals surface area contributed by atoms with Crippen LogP contribution in [0.1, 0.15) is 62.0 Å². The number of hydrogen-bond acceptors (Lipinski definition) is 4. The predicted octanol–water partition coefficient (Wildman–Crippen LogP) is 2.13. The van der Waals surface area contributed by atoms with E-state index in [1.54, 1.807) is 0 Å². The average molecular weight is 334 g/mol. The fourth-order valence-corrected chi connectivity index (χ4v) is 3.71. The molecule has 134 valence electrons. The number of nitrogens with one attached hydrogen (secondary N) is 2. The maximum absolute atomic E-state index is 12.4. The van der Waals surface area contributed by atoms with E-state index < -0.39 is 0 Å². The van der Waals surface area contributed by atoms with Gasteiger partial charge in [-0.25, -0.2) is 0 Å². The van der Waals surface area contributed by atoms with E-state index in [2.05, 4.69) is 15.7 Å². The maximum Gasteiger partial charge on any atom is 0.271 e. The Labute approximate surface area is 144 Å². The van der Waals surface area contributed by atoms with Gasteiger partial charge in [-0.2, -0.15) is 5.10 Å². The third-order valence-electron chi connectivity index (χ3n) is 5.50. The SMILES string of the molecule is CCOCCC1(CNC(=O)c2ccn(C3CCCNC3)n2)CCC1. The van der Waals surface area contributed by atoms with Crippen LogP contribution in [0.2, 0.25) is 0 Å². The van der Waals surface area contributed by atoms with Crippen LogP contribution < -0.4 is 10.6 Å². The molecule has 0 spiro atoms. The van der Waals surface area contributed by atoms with Crippen LogP contribution in [-0.4, -0.2) is 48.5 Å². The van der Waals surface area contributed by atoms with Crippen molar-refractivity contribution in [2.24, 2.45) is 5.41 Å². The van der Waals surface area contributed by atoms with E-state index in [9.17, 15) is 4.79 Å². The van der Waals surface area contributed by atoms with Gasteiger partial charge in [0.2, 0.25) is 0 Å². The minimum absolute atomic E-state index is 0.0554. The lowest BCUT2D eigenvalue weighted by molar-refractivity contribution is 0.0512. The molecule has 2 heterocycles. The van der Waals surface area contributed by atoms with Crippen LogP contribution in [0.3, 0.4) is 0 Å². The number of hydrogen-bond donors (Lipinski definition) is 2. The summed E-state index contributed by atoms with van der Waals surface area (Å²) in [6.45, 7) is 6.31. The number of nitrogens with zero attached hydrogens (tertiary/aromatic N) is 2. The summed E-state index contributed by atoms with van der Waals surface area (Å²) in [5, 5.41) is 11.0. The molecule has 1 aliphatic heterocycles. The molecular weight excluding hydrogens is 304 g/mol. The highest BCUT2D eigenvalue weighted by Gasteiger charge is 2.36. The fraction of sp³-hybridized carbons (Fsp3) is 0.778. The molecule has 0 aromatic carbocycles. The monoisotopic (exact) mass is 334 g/mol. The Hall–Kier alpha value is -1.40. The number of rotatable bonds is 8. The number of aromatic nitrogens is 2. The first-order valence-corrected chi connectivity index (χ1v) is 9.34. The van der Waals surface area contributed by atoms with Crippen LogP contribution in [0.4, 0.5) is 0 Å². The molecule has 2 fully saturated rings. The van der Waals surface area contributed by atoms with E-state index in [4.69, 9.17) is 4.74 Å². The Morgan fingerprint density at radius 2 is 2.38 bits per heavy atom. The highest BCUT2D eigenvalue weighted by Crippen LogP contribution is 2.43. The molecule has 1 aliphatic carbocycles. The van der Waals surface area contributed by atoms with Crippen LogP contribution in [0.5, 0.6) is 0 Å². The van der Waals surface area contributed by atoms with E-state index >= 15 is 0 Å². The van der Waals surface area contributed by atoms with Crippen molar-refractivity contribution in [3.05, 3.63) is 18.0 Å². The molecule has 2 aliphatic rings. The quantitative estimate of drug-likeness (QED) is 0.715. The van der Waals surface area contributed by atoms with Gasteiger partial charge in [-0.15, -0.1) is 0 Å².